The van der Waals surface area contributed by atoms with Crippen molar-refractivity contribution in [3.63, 3.8) is 0 Å². The number of carbonyl (C=O) groups excluding carboxylic acids is 1. The predicted octanol–water partition coefficient (Wildman–Crippen LogP) is 2.30. The average molecular weight is 278 g/mol. The highest BCUT2D eigenvalue weighted by atomic mass is 32.2. The van der Waals surface area contributed by atoms with Crippen molar-refractivity contribution in [1.82, 2.24) is 10.2 Å². The fraction of sp³-hybridized carbons (Fsp3) is 0.533. The molecule has 3 nitrogen and oxygen atoms in total. The summed E-state index contributed by atoms with van der Waals surface area (Å²) in [4.78, 5) is 14.8. The summed E-state index contributed by atoms with van der Waals surface area (Å²) in [5.74, 6) is 2.34. The molecule has 4 heteroatoms. The number of amides is 1. The normalized spacial score (nSPS) is 18.3. The molecule has 0 unspecified atom stereocenters. The summed E-state index contributed by atoms with van der Waals surface area (Å²) in [7, 11) is 0. The van der Waals surface area contributed by atoms with Crippen molar-refractivity contribution in [3.8, 4) is 0 Å². The van der Waals surface area contributed by atoms with Crippen LogP contribution in [0.4, 0.5) is 0 Å². The zero-order valence-electron chi connectivity index (χ0n) is 11.6. The van der Waals surface area contributed by atoms with Crippen LogP contribution in [0.25, 0.3) is 0 Å². The van der Waals surface area contributed by atoms with Gasteiger partial charge in [0.2, 0.25) is 5.91 Å². The number of hydrogen-bond donors (Lipinski definition) is 1. The van der Waals surface area contributed by atoms with Gasteiger partial charge < -0.3 is 5.32 Å². The van der Waals surface area contributed by atoms with Crippen molar-refractivity contribution >= 4 is 17.7 Å². The summed E-state index contributed by atoms with van der Waals surface area (Å²) in [6.07, 6.45) is 0. The highest BCUT2D eigenvalue weighted by molar-refractivity contribution is 7.99. The third-order valence-electron chi connectivity index (χ3n) is 3.21. The van der Waals surface area contributed by atoms with Gasteiger partial charge in [0.15, 0.2) is 0 Å². The average Bonchev–Trinajstić information content (AvgIpc) is 2.40. The maximum absolute atomic E-state index is 12.5. The SMILES string of the molecule is CC(C)NC(=O)[C@@H](c1ccccc1)N1CCSCC1. The molecule has 0 radical (unpaired) electrons. The molecule has 1 aliphatic rings. The van der Waals surface area contributed by atoms with Gasteiger partial charge in [0.1, 0.15) is 6.04 Å². The second-order valence-electron chi connectivity index (χ2n) is 5.12. The van der Waals surface area contributed by atoms with E-state index in [0.717, 1.165) is 30.2 Å². The van der Waals surface area contributed by atoms with E-state index in [2.05, 4.69) is 10.2 Å². The zero-order valence-corrected chi connectivity index (χ0v) is 12.5. The maximum Gasteiger partial charge on any atom is 0.242 e. The van der Waals surface area contributed by atoms with Crippen molar-refractivity contribution < 1.29 is 4.79 Å². The van der Waals surface area contributed by atoms with E-state index < -0.39 is 0 Å². The third-order valence-corrected chi connectivity index (χ3v) is 4.15. The molecule has 1 aromatic rings. The molecule has 1 aromatic carbocycles. The summed E-state index contributed by atoms with van der Waals surface area (Å²) in [5, 5.41) is 3.05. The molecule has 0 aliphatic carbocycles. The van der Waals surface area contributed by atoms with Crippen LogP contribution in [0.15, 0.2) is 30.3 Å². The van der Waals surface area contributed by atoms with Crippen LogP contribution < -0.4 is 5.32 Å². The number of benzene rings is 1. The Bertz CT molecular complexity index is 402. The van der Waals surface area contributed by atoms with Crippen LogP contribution in [0.1, 0.15) is 25.5 Å². The molecule has 1 saturated heterocycles. The molecule has 0 bridgehead atoms. The number of nitrogens with one attached hydrogen (secondary N) is 1. The quantitative estimate of drug-likeness (QED) is 0.917. The van der Waals surface area contributed by atoms with Gasteiger partial charge in [-0.3, -0.25) is 9.69 Å². The predicted molar refractivity (Wildman–Crippen MR) is 81.4 cm³/mol. The zero-order chi connectivity index (χ0) is 13.7. The van der Waals surface area contributed by atoms with Gasteiger partial charge >= 0.3 is 0 Å². The monoisotopic (exact) mass is 278 g/mol. The maximum atomic E-state index is 12.5. The first kappa shape index (κ1) is 14.4. The molecule has 1 N–H and O–H groups in total. The molecule has 1 fully saturated rings. The Morgan fingerprint density at radius 2 is 1.84 bits per heavy atom. The summed E-state index contributed by atoms with van der Waals surface area (Å²) < 4.78 is 0. The molecule has 2 rings (SSSR count). The minimum atomic E-state index is -0.149. The highest BCUT2D eigenvalue weighted by Gasteiger charge is 2.28. The number of rotatable bonds is 4. The topological polar surface area (TPSA) is 32.3 Å². The second kappa shape index (κ2) is 6.96. The molecule has 1 atom stereocenters. The van der Waals surface area contributed by atoms with E-state index in [0.29, 0.717) is 0 Å². The van der Waals surface area contributed by atoms with Gasteiger partial charge in [-0.2, -0.15) is 11.8 Å². The Morgan fingerprint density at radius 3 is 2.42 bits per heavy atom. The Hall–Kier alpha value is -1.00. The molecule has 19 heavy (non-hydrogen) atoms. The fourth-order valence-corrected chi connectivity index (χ4v) is 3.29. The molecule has 1 amide bonds. The van der Waals surface area contributed by atoms with Crippen molar-refractivity contribution in [2.24, 2.45) is 0 Å². The molecule has 0 saturated carbocycles. The lowest BCUT2D eigenvalue weighted by Crippen LogP contribution is -2.45. The Balaban J connectivity index is 2.19. The van der Waals surface area contributed by atoms with E-state index in [1.54, 1.807) is 0 Å². The molecule has 1 heterocycles. The van der Waals surface area contributed by atoms with Crippen molar-refractivity contribution in [1.29, 1.82) is 0 Å². The standard InChI is InChI=1S/C15H22N2OS/c1-12(2)16-15(18)14(13-6-4-3-5-7-13)17-8-10-19-11-9-17/h3-7,12,14H,8-11H2,1-2H3,(H,16,18)/t14-/m1/s1. The van der Waals surface area contributed by atoms with Crippen molar-refractivity contribution in [3.05, 3.63) is 35.9 Å². The van der Waals surface area contributed by atoms with Crippen LogP contribution in [0.3, 0.4) is 0 Å². The molecular formula is C15H22N2OS. The Labute approximate surface area is 119 Å². The van der Waals surface area contributed by atoms with Gasteiger partial charge in [0, 0.05) is 30.6 Å². The number of hydrogen-bond acceptors (Lipinski definition) is 3. The van der Waals surface area contributed by atoms with Crippen LogP contribution in [0.5, 0.6) is 0 Å². The largest absolute Gasteiger partial charge is 0.352 e. The third kappa shape index (κ3) is 3.98. The lowest BCUT2D eigenvalue weighted by Gasteiger charge is -2.34. The van der Waals surface area contributed by atoms with Crippen molar-refractivity contribution in [2.75, 3.05) is 24.6 Å². The van der Waals surface area contributed by atoms with Crippen molar-refractivity contribution in [2.45, 2.75) is 25.9 Å². The van der Waals surface area contributed by atoms with E-state index in [4.69, 9.17) is 0 Å². The van der Waals surface area contributed by atoms with Crippen LogP contribution in [0, 0.1) is 0 Å². The summed E-state index contributed by atoms with van der Waals surface area (Å²) in [6.45, 7) is 5.98. The highest BCUT2D eigenvalue weighted by Crippen LogP contribution is 2.24. The molecular weight excluding hydrogens is 256 g/mol. The summed E-state index contributed by atoms with van der Waals surface area (Å²) in [6, 6.07) is 10.1. The van der Waals surface area contributed by atoms with E-state index in [-0.39, 0.29) is 18.0 Å². The number of nitrogens with zero attached hydrogens (tertiary/aromatic N) is 1. The Kier molecular flexibility index (Phi) is 5.28. The van der Waals surface area contributed by atoms with E-state index >= 15 is 0 Å². The van der Waals surface area contributed by atoms with Gasteiger partial charge in [-0.25, -0.2) is 0 Å². The van der Waals surface area contributed by atoms with E-state index in [1.807, 2.05) is 55.9 Å². The molecule has 0 aromatic heterocycles. The van der Waals surface area contributed by atoms with Gasteiger partial charge in [0.25, 0.3) is 0 Å². The lowest BCUT2D eigenvalue weighted by molar-refractivity contribution is -0.127. The minimum Gasteiger partial charge on any atom is -0.352 e. The first-order valence-electron chi connectivity index (χ1n) is 6.85. The fourth-order valence-electron chi connectivity index (χ4n) is 2.36. The van der Waals surface area contributed by atoms with Crippen LogP contribution in [-0.2, 0) is 4.79 Å². The molecule has 0 spiro atoms. The van der Waals surface area contributed by atoms with E-state index in [1.165, 1.54) is 0 Å². The smallest absolute Gasteiger partial charge is 0.242 e. The summed E-state index contributed by atoms with van der Waals surface area (Å²) in [5.41, 5.74) is 1.09. The van der Waals surface area contributed by atoms with Crippen LogP contribution >= 0.6 is 11.8 Å². The van der Waals surface area contributed by atoms with Crippen LogP contribution in [-0.4, -0.2) is 41.4 Å². The van der Waals surface area contributed by atoms with Crippen LogP contribution in [0.2, 0.25) is 0 Å². The van der Waals surface area contributed by atoms with Gasteiger partial charge in [-0.1, -0.05) is 30.3 Å². The van der Waals surface area contributed by atoms with Gasteiger partial charge in [-0.15, -0.1) is 0 Å². The number of carbonyl (C=O) groups is 1. The number of thioether (sulfide) groups is 1. The Morgan fingerprint density at radius 1 is 1.21 bits per heavy atom. The lowest BCUT2D eigenvalue weighted by atomic mass is 10.0. The first-order valence-corrected chi connectivity index (χ1v) is 8.01. The minimum absolute atomic E-state index is 0.119. The molecule has 1 aliphatic heterocycles. The second-order valence-corrected chi connectivity index (χ2v) is 6.35. The van der Waals surface area contributed by atoms with E-state index in [9.17, 15) is 4.79 Å². The summed E-state index contributed by atoms with van der Waals surface area (Å²) >= 11 is 1.96. The first-order chi connectivity index (χ1) is 9.18. The molecule has 104 valence electrons. The van der Waals surface area contributed by atoms with Gasteiger partial charge in [-0.05, 0) is 19.4 Å². The van der Waals surface area contributed by atoms with Gasteiger partial charge in [0.05, 0.1) is 0 Å².